The highest BCUT2D eigenvalue weighted by atomic mass is 79.9. The van der Waals surface area contributed by atoms with E-state index in [2.05, 4.69) is 22.9 Å². The number of imide groups is 1. The highest BCUT2D eigenvalue weighted by molar-refractivity contribution is 9.10. The summed E-state index contributed by atoms with van der Waals surface area (Å²) in [6.07, 6.45) is 1.94. The molecule has 0 aliphatic carbocycles. The molecule has 2 aliphatic heterocycles. The predicted octanol–water partition coefficient (Wildman–Crippen LogP) is 4.60. The van der Waals surface area contributed by atoms with E-state index in [0.29, 0.717) is 28.4 Å². The van der Waals surface area contributed by atoms with E-state index in [1.165, 1.54) is 17.0 Å². The summed E-state index contributed by atoms with van der Waals surface area (Å²) in [7, 11) is 0. The Hall–Kier alpha value is -2.47. The lowest BCUT2D eigenvalue weighted by atomic mass is 9.97. The minimum absolute atomic E-state index is 0.322. The van der Waals surface area contributed by atoms with E-state index < -0.39 is 0 Å². The molecule has 0 bridgehead atoms. The maximum atomic E-state index is 13.4. The topological polar surface area (TPSA) is 40.6 Å². The van der Waals surface area contributed by atoms with Gasteiger partial charge in [-0.15, -0.1) is 0 Å². The number of amides is 2. The van der Waals surface area contributed by atoms with E-state index in [-0.39, 0.29) is 17.6 Å². The Bertz CT molecular complexity index is 963. The third-order valence-electron chi connectivity index (χ3n) is 5.36. The molecule has 1 fully saturated rings. The normalized spacial score (nSPS) is 18.4. The summed E-state index contributed by atoms with van der Waals surface area (Å²) in [4.78, 5) is 29.9. The van der Waals surface area contributed by atoms with Gasteiger partial charge in [-0.2, -0.15) is 0 Å². The van der Waals surface area contributed by atoms with Crippen LogP contribution < -0.4 is 4.90 Å². The highest BCUT2D eigenvalue weighted by Gasteiger charge is 2.43. The Labute approximate surface area is 171 Å². The number of carbonyl (C=O) groups is 2. The van der Waals surface area contributed by atoms with Crippen molar-refractivity contribution in [3.63, 3.8) is 0 Å². The van der Waals surface area contributed by atoms with Crippen molar-refractivity contribution >= 4 is 39.0 Å². The van der Waals surface area contributed by atoms with Crippen molar-refractivity contribution in [2.75, 3.05) is 18.0 Å². The quantitative estimate of drug-likeness (QED) is 0.651. The van der Waals surface area contributed by atoms with Crippen LogP contribution in [0.15, 0.2) is 58.7 Å². The van der Waals surface area contributed by atoms with Gasteiger partial charge in [-0.25, -0.2) is 9.29 Å². The van der Waals surface area contributed by atoms with Gasteiger partial charge in [0, 0.05) is 17.6 Å². The van der Waals surface area contributed by atoms with Crippen LogP contribution in [0.3, 0.4) is 0 Å². The molecule has 0 aromatic heterocycles. The summed E-state index contributed by atoms with van der Waals surface area (Å²) in [6, 6.07) is 12.9. The number of hydrogen-bond acceptors (Lipinski definition) is 3. The molecule has 2 heterocycles. The Morgan fingerprint density at radius 3 is 2.32 bits per heavy atom. The standard InChI is InChI=1S/C22H20BrFN2O2/c1-14-9-11-25(12-10-14)20-19(15-5-7-17(24)8-6-15)21(27)26(22(20)28)18-4-2-3-16(23)13-18/h2-8,13-14H,9-12H2,1H3. The number of hydrogen-bond donors (Lipinski definition) is 0. The Balaban J connectivity index is 1.81. The number of halogens is 2. The molecule has 2 aromatic rings. The van der Waals surface area contributed by atoms with Gasteiger partial charge in [0.05, 0.1) is 11.3 Å². The monoisotopic (exact) mass is 442 g/mol. The number of rotatable bonds is 3. The van der Waals surface area contributed by atoms with Crippen molar-refractivity contribution in [3.05, 3.63) is 70.1 Å². The van der Waals surface area contributed by atoms with Crippen LogP contribution in [-0.2, 0) is 9.59 Å². The summed E-state index contributed by atoms with van der Waals surface area (Å²) in [5.74, 6) is -0.474. The number of carbonyl (C=O) groups excluding carboxylic acids is 2. The van der Waals surface area contributed by atoms with Gasteiger partial charge in [0.25, 0.3) is 11.8 Å². The molecule has 2 aromatic carbocycles. The fourth-order valence-electron chi connectivity index (χ4n) is 3.77. The maximum Gasteiger partial charge on any atom is 0.282 e. The van der Waals surface area contributed by atoms with Crippen molar-refractivity contribution in [3.8, 4) is 0 Å². The van der Waals surface area contributed by atoms with Crippen LogP contribution in [0.2, 0.25) is 0 Å². The van der Waals surface area contributed by atoms with Crippen molar-refractivity contribution < 1.29 is 14.0 Å². The van der Waals surface area contributed by atoms with Gasteiger partial charge >= 0.3 is 0 Å². The summed E-state index contributed by atoms with van der Waals surface area (Å²) in [6.45, 7) is 3.65. The second-order valence-corrected chi connectivity index (χ2v) is 8.24. The van der Waals surface area contributed by atoms with E-state index >= 15 is 0 Å². The lowest BCUT2D eigenvalue weighted by molar-refractivity contribution is -0.120. The number of benzene rings is 2. The summed E-state index contributed by atoms with van der Waals surface area (Å²) < 4.78 is 14.2. The van der Waals surface area contributed by atoms with Crippen molar-refractivity contribution in [1.29, 1.82) is 0 Å². The Morgan fingerprint density at radius 2 is 1.68 bits per heavy atom. The number of likely N-dealkylation sites (tertiary alicyclic amines) is 1. The molecule has 144 valence electrons. The molecule has 4 nitrogen and oxygen atoms in total. The van der Waals surface area contributed by atoms with Gasteiger partial charge < -0.3 is 4.90 Å². The van der Waals surface area contributed by atoms with Crippen molar-refractivity contribution in [2.24, 2.45) is 5.92 Å². The molecular formula is C22H20BrFN2O2. The van der Waals surface area contributed by atoms with E-state index in [0.717, 1.165) is 30.4 Å². The van der Waals surface area contributed by atoms with Crippen LogP contribution in [0.5, 0.6) is 0 Å². The molecule has 6 heteroatoms. The van der Waals surface area contributed by atoms with Crippen LogP contribution in [-0.4, -0.2) is 29.8 Å². The smallest absolute Gasteiger partial charge is 0.282 e. The van der Waals surface area contributed by atoms with Crippen molar-refractivity contribution in [2.45, 2.75) is 19.8 Å². The Morgan fingerprint density at radius 1 is 1.00 bits per heavy atom. The lowest BCUT2D eigenvalue weighted by Crippen LogP contribution is -2.38. The maximum absolute atomic E-state index is 13.4. The van der Waals surface area contributed by atoms with Crippen LogP contribution in [0.4, 0.5) is 10.1 Å². The average Bonchev–Trinajstić information content (AvgIpc) is 2.93. The van der Waals surface area contributed by atoms with Crippen LogP contribution in [0.25, 0.3) is 5.57 Å². The SMILES string of the molecule is CC1CCN(C2=C(c3ccc(F)cc3)C(=O)N(c3cccc(Br)c3)C2=O)CC1. The number of anilines is 1. The highest BCUT2D eigenvalue weighted by Crippen LogP contribution is 2.37. The number of nitrogens with zero attached hydrogens (tertiary/aromatic N) is 2. The second-order valence-electron chi connectivity index (χ2n) is 7.33. The third-order valence-corrected chi connectivity index (χ3v) is 5.85. The number of piperidine rings is 1. The van der Waals surface area contributed by atoms with Crippen LogP contribution >= 0.6 is 15.9 Å². The van der Waals surface area contributed by atoms with Crippen LogP contribution in [0.1, 0.15) is 25.3 Å². The molecule has 0 spiro atoms. The zero-order chi connectivity index (χ0) is 19.8. The predicted molar refractivity (Wildman–Crippen MR) is 110 cm³/mol. The summed E-state index contributed by atoms with van der Waals surface area (Å²) >= 11 is 3.40. The minimum Gasteiger partial charge on any atom is -0.366 e. The largest absolute Gasteiger partial charge is 0.366 e. The molecule has 4 rings (SSSR count). The molecular weight excluding hydrogens is 423 g/mol. The zero-order valence-corrected chi connectivity index (χ0v) is 17.1. The van der Waals surface area contributed by atoms with E-state index in [4.69, 9.17) is 0 Å². The van der Waals surface area contributed by atoms with Gasteiger partial charge in [-0.1, -0.05) is 41.1 Å². The van der Waals surface area contributed by atoms with Gasteiger partial charge in [0.2, 0.25) is 0 Å². The second kappa shape index (κ2) is 7.51. The van der Waals surface area contributed by atoms with E-state index in [1.54, 1.807) is 30.3 Å². The fourth-order valence-corrected chi connectivity index (χ4v) is 4.16. The lowest BCUT2D eigenvalue weighted by Gasteiger charge is -2.32. The average molecular weight is 443 g/mol. The molecule has 2 amide bonds. The molecule has 0 N–H and O–H groups in total. The zero-order valence-electron chi connectivity index (χ0n) is 15.5. The molecule has 2 aliphatic rings. The first-order valence-corrected chi connectivity index (χ1v) is 10.1. The molecule has 0 radical (unpaired) electrons. The van der Waals surface area contributed by atoms with Crippen molar-refractivity contribution in [1.82, 2.24) is 4.90 Å². The molecule has 0 atom stereocenters. The first-order chi connectivity index (χ1) is 13.5. The van der Waals surface area contributed by atoms with Gasteiger partial charge in [0.1, 0.15) is 11.5 Å². The van der Waals surface area contributed by atoms with Crippen LogP contribution in [0, 0.1) is 11.7 Å². The van der Waals surface area contributed by atoms with E-state index in [9.17, 15) is 14.0 Å². The summed E-state index contributed by atoms with van der Waals surface area (Å²) in [5.41, 5.74) is 1.85. The van der Waals surface area contributed by atoms with Gasteiger partial charge in [-0.3, -0.25) is 9.59 Å². The molecule has 0 saturated carbocycles. The van der Waals surface area contributed by atoms with E-state index in [1.807, 2.05) is 11.0 Å². The summed E-state index contributed by atoms with van der Waals surface area (Å²) in [5, 5.41) is 0. The molecule has 1 saturated heterocycles. The third kappa shape index (κ3) is 3.37. The Kier molecular flexibility index (Phi) is 5.06. The fraction of sp³-hybridized carbons (Fsp3) is 0.273. The molecule has 0 unspecified atom stereocenters. The van der Waals surface area contributed by atoms with Gasteiger partial charge in [0.15, 0.2) is 0 Å². The minimum atomic E-state index is -0.377. The first kappa shape index (κ1) is 18.9. The first-order valence-electron chi connectivity index (χ1n) is 9.35. The molecule has 28 heavy (non-hydrogen) atoms. The van der Waals surface area contributed by atoms with Gasteiger partial charge in [-0.05, 0) is 54.7 Å².